The van der Waals surface area contributed by atoms with Crippen LogP contribution in [0, 0.1) is 11.3 Å². The Morgan fingerprint density at radius 1 is 1.28 bits per heavy atom. The Balaban J connectivity index is 1.87. The van der Waals surface area contributed by atoms with Crippen molar-refractivity contribution >= 4 is 28.9 Å². The van der Waals surface area contributed by atoms with Gasteiger partial charge in [0.1, 0.15) is 6.07 Å². The molecule has 0 aliphatic rings. The predicted molar refractivity (Wildman–Crippen MR) is 99.7 cm³/mol. The molecule has 5 nitrogen and oxygen atoms in total. The number of H-pyrrole nitrogens is 1. The minimum Gasteiger partial charge on any atom is -0.493 e. The molecule has 6 heteroatoms. The third-order valence-corrected chi connectivity index (χ3v) is 4.29. The Bertz CT molecular complexity index is 924. The average molecular weight is 351 g/mol. The van der Waals surface area contributed by atoms with Crippen molar-refractivity contribution in [2.24, 2.45) is 0 Å². The van der Waals surface area contributed by atoms with Crippen molar-refractivity contribution in [1.29, 1.82) is 5.26 Å². The van der Waals surface area contributed by atoms with Crippen LogP contribution in [-0.2, 0) is 0 Å². The highest BCUT2D eigenvalue weighted by Gasteiger charge is 2.08. The number of nitriles is 1. The lowest BCUT2D eigenvalue weighted by molar-refractivity contribution is 0.311. The van der Waals surface area contributed by atoms with Gasteiger partial charge in [-0.05, 0) is 54.6 Å². The summed E-state index contributed by atoms with van der Waals surface area (Å²) in [5.74, 6) is 1.33. The van der Waals surface area contributed by atoms with Gasteiger partial charge in [-0.3, -0.25) is 0 Å². The number of aromatic amines is 1. The Hall–Kier alpha value is -2.91. The van der Waals surface area contributed by atoms with Gasteiger partial charge < -0.3 is 14.5 Å². The number of hydrogen-bond acceptors (Lipinski definition) is 5. The van der Waals surface area contributed by atoms with E-state index >= 15 is 0 Å². The zero-order valence-electron chi connectivity index (χ0n) is 13.9. The number of allylic oxidation sites excluding steroid dienone is 1. The van der Waals surface area contributed by atoms with Gasteiger partial charge in [-0.15, -0.1) is 0 Å². The van der Waals surface area contributed by atoms with E-state index in [1.807, 2.05) is 49.4 Å². The molecule has 0 spiro atoms. The van der Waals surface area contributed by atoms with Crippen LogP contribution in [-0.4, -0.2) is 23.7 Å². The van der Waals surface area contributed by atoms with E-state index in [1.165, 1.54) is 11.8 Å². The molecule has 3 rings (SSSR count). The molecule has 0 radical (unpaired) electrons. The van der Waals surface area contributed by atoms with E-state index in [0.717, 1.165) is 16.6 Å². The van der Waals surface area contributed by atoms with Crippen LogP contribution in [0.25, 0.3) is 17.1 Å². The standard InChI is InChI=1S/C19H17N3O2S/c1-3-24-18-11-13(8-9-17(18)23-2)10-14(12-20)25-19-21-15-6-4-5-7-16(15)22-19/h4-11H,3H2,1-2H3,(H,21,22)/b14-10+. The van der Waals surface area contributed by atoms with Crippen LogP contribution in [0.4, 0.5) is 0 Å². The first-order valence-electron chi connectivity index (χ1n) is 7.78. The van der Waals surface area contributed by atoms with Gasteiger partial charge >= 0.3 is 0 Å². The highest BCUT2D eigenvalue weighted by Crippen LogP contribution is 2.31. The summed E-state index contributed by atoms with van der Waals surface area (Å²) >= 11 is 1.30. The predicted octanol–water partition coefficient (Wildman–Crippen LogP) is 4.63. The molecule has 25 heavy (non-hydrogen) atoms. The summed E-state index contributed by atoms with van der Waals surface area (Å²) in [6.45, 7) is 2.46. The molecule has 0 aliphatic heterocycles. The monoisotopic (exact) mass is 351 g/mol. The van der Waals surface area contributed by atoms with Crippen molar-refractivity contribution in [1.82, 2.24) is 9.97 Å². The summed E-state index contributed by atoms with van der Waals surface area (Å²) in [5.41, 5.74) is 2.69. The van der Waals surface area contributed by atoms with Gasteiger partial charge in [0.05, 0.1) is 29.7 Å². The lowest BCUT2D eigenvalue weighted by atomic mass is 10.2. The molecule has 0 saturated heterocycles. The molecule has 0 fully saturated rings. The van der Waals surface area contributed by atoms with E-state index in [4.69, 9.17) is 9.47 Å². The Labute approximate surface area is 150 Å². The molecule has 0 bridgehead atoms. The molecule has 1 N–H and O–H groups in total. The van der Waals surface area contributed by atoms with Gasteiger partial charge in [-0.2, -0.15) is 5.26 Å². The number of benzene rings is 2. The summed E-state index contributed by atoms with van der Waals surface area (Å²) < 4.78 is 10.9. The topological polar surface area (TPSA) is 70.9 Å². The molecule has 0 atom stereocenters. The van der Waals surface area contributed by atoms with Gasteiger partial charge in [-0.1, -0.05) is 18.2 Å². The number of thioether (sulfide) groups is 1. The fraction of sp³-hybridized carbons (Fsp3) is 0.158. The second-order valence-corrected chi connectivity index (χ2v) is 6.16. The van der Waals surface area contributed by atoms with Crippen LogP contribution in [0.1, 0.15) is 12.5 Å². The van der Waals surface area contributed by atoms with Crippen molar-refractivity contribution in [2.45, 2.75) is 12.1 Å². The third kappa shape index (κ3) is 3.95. The third-order valence-electron chi connectivity index (χ3n) is 3.47. The number of rotatable bonds is 6. The van der Waals surface area contributed by atoms with Gasteiger partial charge in [-0.25, -0.2) is 4.98 Å². The van der Waals surface area contributed by atoms with Crippen LogP contribution in [0.2, 0.25) is 0 Å². The Kier molecular flexibility index (Phi) is 5.26. The summed E-state index contributed by atoms with van der Waals surface area (Å²) in [6.07, 6.45) is 1.81. The van der Waals surface area contributed by atoms with Crippen molar-refractivity contribution in [3.05, 3.63) is 52.9 Å². The zero-order chi connectivity index (χ0) is 17.6. The first kappa shape index (κ1) is 16.9. The first-order chi connectivity index (χ1) is 12.2. The van der Waals surface area contributed by atoms with Gasteiger partial charge in [0, 0.05) is 0 Å². The molecular formula is C19H17N3O2S. The Morgan fingerprint density at radius 3 is 2.84 bits per heavy atom. The van der Waals surface area contributed by atoms with Crippen LogP contribution in [0.3, 0.4) is 0 Å². The normalized spacial score (nSPS) is 11.3. The van der Waals surface area contributed by atoms with Crippen molar-refractivity contribution in [2.75, 3.05) is 13.7 Å². The fourth-order valence-electron chi connectivity index (χ4n) is 2.37. The lowest BCUT2D eigenvalue weighted by Gasteiger charge is -2.09. The number of fused-ring (bicyclic) bond motifs is 1. The van der Waals surface area contributed by atoms with Crippen LogP contribution in [0.15, 0.2) is 52.5 Å². The molecule has 0 aliphatic carbocycles. The van der Waals surface area contributed by atoms with Crippen molar-refractivity contribution in [3.63, 3.8) is 0 Å². The van der Waals surface area contributed by atoms with Crippen LogP contribution < -0.4 is 9.47 Å². The Morgan fingerprint density at radius 2 is 2.12 bits per heavy atom. The largest absolute Gasteiger partial charge is 0.493 e. The van der Waals surface area contributed by atoms with E-state index in [-0.39, 0.29) is 0 Å². The molecule has 0 saturated carbocycles. The van der Waals surface area contributed by atoms with E-state index in [1.54, 1.807) is 13.2 Å². The molecule has 2 aromatic carbocycles. The number of methoxy groups -OCH3 is 1. The highest BCUT2D eigenvalue weighted by molar-refractivity contribution is 8.03. The quantitative estimate of drug-likeness (QED) is 0.518. The first-order valence-corrected chi connectivity index (χ1v) is 8.60. The molecule has 1 aromatic heterocycles. The zero-order valence-corrected chi connectivity index (χ0v) is 14.8. The second-order valence-electron chi connectivity index (χ2n) is 5.12. The highest BCUT2D eigenvalue weighted by atomic mass is 32.2. The molecule has 0 unspecified atom stereocenters. The van der Waals surface area contributed by atoms with Gasteiger partial charge in [0.15, 0.2) is 16.7 Å². The summed E-state index contributed by atoms with van der Waals surface area (Å²) in [7, 11) is 1.60. The fourth-order valence-corrected chi connectivity index (χ4v) is 3.12. The van der Waals surface area contributed by atoms with E-state index in [0.29, 0.717) is 28.2 Å². The van der Waals surface area contributed by atoms with Crippen molar-refractivity contribution in [3.8, 4) is 17.6 Å². The number of aromatic nitrogens is 2. The van der Waals surface area contributed by atoms with E-state index in [9.17, 15) is 5.26 Å². The SMILES string of the molecule is CCOc1cc(/C=C(\C#N)Sc2nc3ccccc3[nH]2)ccc1OC. The number of nitrogens with zero attached hydrogens (tertiary/aromatic N) is 2. The van der Waals surface area contributed by atoms with Gasteiger partial charge in [0.2, 0.25) is 0 Å². The minimum absolute atomic E-state index is 0.534. The maximum atomic E-state index is 9.46. The lowest BCUT2D eigenvalue weighted by Crippen LogP contribution is -1.95. The molecule has 3 aromatic rings. The maximum absolute atomic E-state index is 9.46. The smallest absolute Gasteiger partial charge is 0.171 e. The molecule has 1 heterocycles. The van der Waals surface area contributed by atoms with E-state index < -0.39 is 0 Å². The van der Waals surface area contributed by atoms with Gasteiger partial charge in [0.25, 0.3) is 0 Å². The average Bonchev–Trinajstić information content (AvgIpc) is 3.04. The molecule has 0 amide bonds. The summed E-state index contributed by atoms with van der Waals surface area (Å²) in [4.78, 5) is 8.23. The minimum atomic E-state index is 0.534. The molecule has 126 valence electrons. The number of hydrogen-bond donors (Lipinski definition) is 1. The number of para-hydroxylation sites is 2. The maximum Gasteiger partial charge on any atom is 0.171 e. The second kappa shape index (κ2) is 7.77. The number of ether oxygens (including phenoxy) is 2. The van der Waals surface area contributed by atoms with Crippen LogP contribution >= 0.6 is 11.8 Å². The van der Waals surface area contributed by atoms with E-state index in [2.05, 4.69) is 16.0 Å². The summed E-state index contributed by atoms with van der Waals surface area (Å²) in [6, 6.07) is 15.6. The number of nitrogens with one attached hydrogen (secondary N) is 1. The van der Waals surface area contributed by atoms with Crippen molar-refractivity contribution < 1.29 is 9.47 Å². The van der Waals surface area contributed by atoms with Crippen LogP contribution in [0.5, 0.6) is 11.5 Å². The molecular weight excluding hydrogens is 334 g/mol. The summed E-state index contributed by atoms with van der Waals surface area (Å²) in [5, 5.41) is 10.1. The number of imidazole rings is 1.